The summed E-state index contributed by atoms with van der Waals surface area (Å²) < 4.78 is 6.13. The van der Waals surface area contributed by atoms with Crippen LogP contribution in [-0.4, -0.2) is 133 Å². The number of likely N-dealkylation sites (N-methyl/N-ethyl adjacent to an activating group) is 3. The number of anilines is 1. The molecule has 13 heteroatoms. The van der Waals surface area contributed by atoms with Gasteiger partial charge in [-0.25, -0.2) is 0 Å². The number of benzene rings is 1. The van der Waals surface area contributed by atoms with Gasteiger partial charge >= 0.3 is 0 Å². The van der Waals surface area contributed by atoms with Gasteiger partial charge in [0.05, 0.1) is 30.7 Å². The third-order valence-corrected chi connectivity index (χ3v) is 9.24. The summed E-state index contributed by atoms with van der Waals surface area (Å²) >= 11 is 0. The zero-order valence-corrected chi connectivity index (χ0v) is 27.7. The van der Waals surface area contributed by atoms with Crippen molar-refractivity contribution in [2.45, 2.75) is 37.5 Å². The number of carbonyl (C=O) groups excluding carboxylic acids is 3. The fourth-order valence-corrected chi connectivity index (χ4v) is 6.81. The predicted octanol–water partition coefficient (Wildman–Crippen LogP) is 0.997. The second-order valence-corrected chi connectivity index (χ2v) is 13.2. The summed E-state index contributed by atoms with van der Waals surface area (Å²) in [4.78, 5) is 47.1. The first-order valence-corrected chi connectivity index (χ1v) is 15.3. The number of phenolic OH excluding ortho intramolecular Hbond substituents is 1. The molecule has 4 atom stereocenters. The van der Waals surface area contributed by atoms with Gasteiger partial charge in [0.15, 0.2) is 17.2 Å². The number of allylic oxidation sites excluding steroid dienone is 1. The molecule has 4 rings (SSSR count). The molecule has 0 saturated carbocycles. The molecule has 1 amide bonds. The van der Waals surface area contributed by atoms with Crippen LogP contribution in [0.5, 0.6) is 5.75 Å². The SMILES string of the molecule is CN(C)CCN(C)Cc1ccc(-c2cc(N(C)C)c3c(c2O)C(=O)C2=C(O)[C@](O)(C(=O)CC(N)=O)[C@H]([C@@H](CO)N(C)C)C[C@@H]2C3)o1. The number of Topliss-reactive ketones (excluding diaryl/α,β-unsaturated/α-hetero) is 2. The molecule has 2 aliphatic carbocycles. The lowest BCUT2D eigenvalue weighted by Crippen LogP contribution is -2.60. The molecule has 0 saturated heterocycles. The van der Waals surface area contributed by atoms with Gasteiger partial charge in [0.1, 0.15) is 23.0 Å². The van der Waals surface area contributed by atoms with E-state index in [0.29, 0.717) is 29.3 Å². The van der Waals surface area contributed by atoms with E-state index >= 15 is 0 Å². The molecular formula is C33H47N5O8. The number of nitrogens with two attached hydrogens (primary N) is 1. The zero-order valence-electron chi connectivity index (χ0n) is 27.7. The second kappa shape index (κ2) is 13.5. The molecule has 2 aliphatic rings. The maximum atomic E-state index is 14.3. The minimum Gasteiger partial charge on any atom is -0.508 e. The maximum Gasteiger partial charge on any atom is 0.225 e. The van der Waals surface area contributed by atoms with E-state index in [9.17, 15) is 34.8 Å². The van der Waals surface area contributed by atoms with Crippen molar-refractivity contribution in [3.05, 3.63) is 46.4 Å². The largest absolute Gasteiger partial charge is 0.508 e. The minimum absolute atomic E-state index is 0.0350. The summed E-state index contributed by atoms with van der Waals surface area (Å²) in [6.45, 7) is 1.75. The van der Waals surface area contributed by atoms with Crippen LogP contribution < -0.4 is 10.6 Å². The van der Waals surface area contributed by atoms with Gasteiger partial charge in [0, 0.05) is 50.4 Å². The zero-order chi connectivity index (χ0) is 34.2. The van der Waals surface area contributed by atoms with Crippen LogP contribution in [0.4, 0.5) is 5.69 Å². The summed E-state index contributed by atoms with van der Waals surface area (Å²) in [6.07, 6.45) is -0.645. The van der Waals surface area contributed by atoms with Gasteiger partial charge in [-0.05, 0) is 77.8 Å². The summed E-state index contributed by atoms with van der Waals surface area (Å²) in [6, 6.07) is 4.50. The van der Waals surface area contributed by atoms with Crippen molar-refractivity contribution in [2.75, 3.05) is 73.9 Å². The van der Waals surface area contributed by atoms with Crippen molar-refractivity contribution < 1.29 is 39.2 Å². The fraction of sp³-hybridized carbons (Fsp3) is 0.545. The highest BCUT2D eigenvalue weighted by Crippen LogP contribution is 2.52. The number of phenols is 1. The molecule has 1 heterocycles. The van der Waals surface area contributed by atoms with Gasteiger partial charge in [-0.3, -0.25) is 19.3 Å². The van der Waals surface area contributed by atoms with Crippen LogP contribution in [0.25, 0.3) is 11.3 Å². The smallest absolute Gasteiger partial charge is 0.225 e. The number of primary amides is 1. The highest BCUT2D eigenvalue weighted by atomic mass is 16.4. The van der Waals surface area contributed by atoms with Gasteiger partial charge in [-0.1, -0.05) is 0 Å². The van der Waals surface area contributed by atoms with Crippen LogP contribution in [0.3, 0.4) is 0 Å². The number of carbonyl (C=O) groups is 3. The maximum absolute atomic E-state index is 14.3. The van der Waals surface area contributed by atoms with Gasteiger partial charge in [0.2, 0.25) is 5.91 Å². The Kier molecular flexibility index (Phi) is 10.3. The first kappa shape index (κ1) is 35.1. The van der Waals surface area contributed by atoms with Crippen LogP contribution in [0.2, 0.25) is 0 Å². The lowest BCUT2D eigenvalue weighted by atomic mass is 9.61. The number of rotatable bonds is 13. The van der Waals surface area contributed by atoms with E-state index in [-0.39, 0.29) is 35.3 Å². The lowest BCUT2D eigenvalue weighted by Gasteiger charge is -2.47. The van der Waals surface area contributed by atoms with E-state index in [0.717, 1.165) is 13.1 Å². The molecule has 0 spiro atoms. The molecule has 252 valence electrons. The molecule has 13 nitrogen and oxygen atoms in total. The molecule has 1 aromatic heterocycles. The molecule has 2 aromatic rings. The second-order valence-electron chi connectivity index (χ2n) is 13.2. The Bertz CT molecular complexity index is 1530. The number of furan rings is 1. The van der Waals surface area contributed by atoms with Gasteiger partial charge in [0.25, 0.3) is 0 Å². The number of amides is 1. The Hall–Kier alpha value is -3.75. The van der Waals surface area contributed by atoms with Crippen molar-refractivity contribution in [2.24, 2.45) is 17.6 Å². The topological polar surface area (TPSA) is 184 Å². The molecule has 0 bridgehead atoms. The Morgan fingerprint density at radius 1 is 1.09 bits per heavy atom. The first-order valence-electron chi connectivity index (χ1n) is 15.3. The average molecular weight is 642 g/mol. The van der Waals surface area contributed by atoms with Crippen molar-refractivity contribution in [1.29, 1.82) is 0 Å². The molecule has 6 N–H and O–H groups in total. The van der Waals surface area contributed by atoms with Crippen molar-refractivity contribution in [1.82, 2.24) is 14.7 Å². The molecular weight excluding hydrogens is 594 g/mol. The van der Waals surface area contributed by atoms with E-state index in [1.807, 2.05) is 46.2 Å². The number of aliphatic hydroxyl groups excluding tert-OH is 2. The quantitative estimate of drug-likeness (QED) is 0.196. The van der Waals surface area contributed by atoms with Crippen LogP contribution >= 0.6 is 0 Å². The van der Waals surface area contributed by atoms with Crippen LogP contribution in [0, 0.1) is 11.8 Å². The van der Waals surface area contributed by atoms with Crippen LogP contribution in [0.15, 0.2) is 33.9 Å². The summed E-state index contributed by atoms with van der Waals surface area (Å²) in [5.41, 5.74) is 3.83. The number of fused-ring (bicyclic) bond motifs is 2. The first-order chi connectivity index (χ1) is 21.5. The van der Waals surface area contributed by atoms with E-state index in [4.69, 9.17) is 10.2 Å². The highest BCUT2D eigenvalue weighted by molar-refractivity contribution is 6.16. The average Bonchev–Trinajstić information content (AvgIpc) is 3.41. The monoisotopic (exact) mass is 641 g/mol. The van der Waals surface area contributed by atoms with E-state index in [2.05, 4.69) is 9.80 Å². The standard InChI is InChI=1S/C33H47N5O8/c1-35(2)10-11-38(7)16-19-8-9-25(46-19)21-14-23(36(3)4)20-12-18-13-22(24(17-39)37(5)6)33(45,26(40)15-27(34)41)32(44)28(18)31(43)29(20)30(21)42/h8-9,14,18,22,24,39,42,44-45H,10-13,15-17H2,1-7H3,(H2,34,41)/t18-,22-,24+,33+/m0/s1. The van der Waals surface area contributed by atoms with E-state index in [1.165, 1.54) is 0 Å². The Balaban J connectivity index is 1.85. The Morgan fingerprint density at radius 2 is 1.76 bits per heavy atom. The van der Waals surface area contributed by atoms with Crippen molar-refractivity contribution in [3.8, 4) is 17.1 Å². The van der Waals surface area contributed by atoms with Crippen LogP contribution in [0.1, 0.15) is 34.5 Å². The Morgan fingerprint density at radius 3 is 2.33 bits per heavy atom. The number of nitrogens with zero attached hydrogens (tertiary/aromatic N) is 4. The molecule has 0 fully saturated rings. The van der Waals surface area contributed by atoms with Crippen molar-refractivity contribution in [3.63, 3.8) is 0 Å². The van der Waals surface area contributed by atoms with Crippen LogP contribution in [-0.2, 0) is 22.6 Å². The summed E-state index contributed by atoms with van der Waals surface area (Å²) in [5, 5.41) is 45.4. The minimum atomic E-state index is -2.67. The Labute approximate surface area is 269 Å². The highest BCUT2D eigenvalue weighted by Gasteiger charge is 2.58. The van der Waals surface area contributed by atoms with E-state index < -0.39 is 59.7 Å². The van der Waals surface area contributed by atoms with E-state index in [1.54, 1.807) is 31.1 Å². The number of ketones is 2. The summed E-state index contributed by atoms with van der Waals surface area (Å²) in [7, 11) is 12.9. The van der Waals surface area contributed by atoms with Gasteiger partial charge in [-0.2, -0.15) is 0 Å². The predicted molar refractivity (Wildman–Crippen MR) is 173 cm³/mol. The number of hydrogen-bond acceptors (Lipinski definition) is 12. The lowest BCUT2D eigenvalue weighted by molar-refractivity contribution is -0.151. The van der Waals surface area contributed by atoms with Gasteiger partial charge in [-0.15, -0.1) is 0 Å². The molecule has 46 heavy (non-hydrogen) atoms. The molecule has 1 aromatic carbocycles. The number of hydrogen-bond donors (Lipinski definition) is 5. The molecule has 0 radical (unpaired) electrons. The summed E-state index contributed by atoms with van der Waals surface area (Å²) in [5.74, 6) is -4.76. The third kappa shape index (κ3) is 6.42. The fourth-order valence-electron chi connectivity index (χ4n) is 6.81. The normalized spacial score (nSPS) is 22.0. The van der Waals surface area contributed by atoms with Crippen molar-refractivity contribution >= 4 is 23.2 Å². The third-order valence-electron chi connectivity index (χ3n) is 9.24. The van der Waals surface area contributed by atoms with Gasteiger partial charge < -0.3 is 45.3 Å². The molecule has 0 unspecified atom stereocenters. The number of aliphatic hydroxyl groups is 3. The molecule has 0 aliphatic heterocycles. The number of aromatic hydroxyl groups is 1.